The number of piperazine rings is 1. The van der Waals surface area contributed by atoms with Gasteiger partial charge in [0.25, 0.3) is 11.8 Å². The monoisotopic (exact) mass is 719 g/mol. The van der Waals surface area contributed by atoms with Crippen LogP contribution in [-0.2, 0) is 14.4 Å². The fourth-order valence-corrected chi connectivity index (χ4v) is 8.85. The van der Waals surface area contributed by atoms with Crippen LogP contribution in [0.2, 0.25) is 0 Å². The van der Waals surface area contributed by atoms with E-state index < -0.39 is 29.7 Å². The first-order chi connectivity index (χ1) is 25.7. The summed E-state index contributed by atoms with van der Waals surface area (Å²) >= 11 is 0. The van der Waals surface area contributed by atoms with Gasteiger partial charge >= 0.3 is 0 Å². The molecule has 3 aromatic rings. The number of anilines is 3. The number of piperidine rings is 2. The molecule has 4 saturated heterocycles. The highest BCUT2D eigenvalue weighted by molar-refractivity contribution is 6.23. The van der Waals surface area contributed by atoms with Crippen molar-refractivity contribution in [1.82, 2.24) is 30.2 Å². The minimum absolute atomic E-state index is 0.0180. The number of aromatic hydroxyl groups is 1. The highest BCUT2D eigenvalue weighted by Crippen LogP contribution is 2.37. The Bertz CT molecular complexity index is 2030. The van der Waals surface area contributed by atoms with E-state index in [1.54, 1.807) is 24.3 Å². The van der Waals surface area contributed by atoms with Gasteiger partial charge in [-0.2, -0.15) is 0 Å². The van der Waals surface area contributed by atoms with Crippen LogP contribution in [0.15, 0.2) is 48.5 Å². The highest BCUT2D eigenvalue weighted by atomic mass is 16.3. The predicted molar refractivity (Wildman–Crippen MR) is 193 cm³/mol. The quantitative estimate of drug-likeness (QED) is 0.315. The number of rotatable bonds is 6. The zero-order valence-electron chi connectivity index (χ0n) is 29.2. The van der Waals surface area contributed by atoms with E-state index in [1.807, 2.05) is 29.2 Å². The molecule has 0 spiro atoms. The Balaban J connectivity index is 0.752. The van der Waals surface area contributed by atoms with Gasteiger partial charge in [-0.15, -0.1) is 10.2 Å². The molecule has 5 amide bonds. The SMILES string of the molecule is O=C1CCC(N2C(=O)c3ccc(N4CC(CN5CCC(C(=O)N6CCN7c8cc(-c9ccccc9O)nnc8NC[C@H]7C6)CC5)C4)cc3C2=O)C(=O)N1. The van der Waals surface area contributed by atoms with E-state index in [0.29, 0.717) is 48.9 Å². The molecule has 6 aliphatic heterocycles. The molecule has 3 N–H and O–H groups in total. The Morgan fingerprint density at radius 1 is 0.849 bits per heavy atom. The number of carbonyl (C=O) groups is 5. The van der Waals surface area contributed by atoms with Crippen molar-refractivity contribution < 1.29 is 29.1 Å². The number of fused-ring (bicyclic) bond motifs is 4. The van der Waals surface area contributed by atoms with Crippen LogP contribution in [0.1, 0.15) is 46.4 Å². The Morgan fingerprint density at radius 2 is 1.64 bits per heavy atom. The van der Waals surface area contributed by atoms with Crippen molar-refractivity contribution in [3.8, 4) is 17.0 Å². The molecule has 0 aliphatic carbocycles. The lowest BCUT2D eigenvalue weighted by Gasteiger charge is -2.47. The second-order valence-corrected chi connectivity index (χ2v) is 15.0. The Labute approximate surface area is 305 Å². The van der Waals surface area contributed by atoms with Crippen molar-refractivity contribution in [3.63, 3.8) is 0 Å². The number of carbonyl (C=O) groups excluding carboxylic acids is 5. The number of phenolic OH excluding ortho intramolecular Hbond substituents is 1. The van der Waals surface area contributed by atoms with Gasteiger partial charge < -0.3 is 30.0 Å². The van der Waals surface area contributed by atoms with Crippen molar-refractivity contribution in [1.29, 1.82) is 0 Å². The standard InChI is InChI=1S/C38H41N9O6/c48-32-4-2-1-3-27(32)29-16-31-34(42-41-29)39-17-25-21-44(13-14-46(25)31)36(51)23-9-11-43(12-10-23)18-22-19-45(20-22)24-5-6-26-28(15-24)38(53)47(37(26)52)30-7-8-33(49)40-35(30)50/h1-6,15-16,22-23,25,30,48H,7-14,17-21H2,(H,39,42)(H,40,49,50)/t25-,30?/m0/s1. The Morgan fingerprint density at radius 3 is 2.43 bits per heavy atom. The maximum atomic E-state index is 13.7. The zero-order valence-corrected chi connectivity index (χ0v) is 29.2. The second kappa shape index (κ2) is 13.1. The summed E-state index contributed by atoms with van der Waals surface area (Å²) in [6.07, 6.45) is 1.90. The largest absolute Gasteiger partial charge is 0.507 e. The molecule has 1 unspecified atom stereocenters. The van der Waals surface area contributed by atoms with Crippen molar-refractivity contribution >= 4 is 46.7 Å². The first kappa shape index (κ1) is 33.3. The van der Waals surface area contributed by atoms with Gasteiger partial charge in [0.15, 0.2) is 5.82 Å². The van der Waals surface area contributed by atoms with E-state index in [0.717, 1.165) is 67.7 Å². The molecule has 274 valence electrons. The smallest absolute Gasteiger partial charge is 0.262 e. The van der Waals surface area contributed by atoms with Crippen LogP contribution in [0, 0.1) is 11.8 Å². The highest BCUT2D eigenvalue weighted by Gasteiger charge is 2.45. The van der Waals surface area contributed by atoms with Crippen molar-refractivity contribution in [2.75, 3.05) is 74.0 Å². The minimum atomic E-state index is -0.976. The van der Waals surface area contributed by atoms with Gasteiger partial charge in [0, 0.05) is 75.3 Å². The number of benzene rings is 2. The van der Waals surface area contributed by atoms with Gasteiger partial charge in [-0.25, -0.2) is 0 Å². The molecule has 1 aromatic heterocycles. The lowest BCUT2D eigenvalue weighted by Crippen LogP contribution is -2.60. The summed E-state index contributed by atoms with van der Waals surface area (Å²) in [5.74, 6) is -0.395. The molecule has 53 heavy (non-hydrogen) atoms. The number of imide groups is 2. The summed E-state index contributed by atoms with van der Waals surface area (Å²) in [5.41, 5.74) is 3.65. The third kappa shape index (κ3) is 5.92. The lowest BCUT2D eigenvalue weighted by atomic mass is 9.92. The summed E-state index contributed by atoms with van der Waals surface area (Å²) in [4.78, 5) is 74.1. The fraction of sp³-hybridized carbons (Fsp3) is 0.447. The van der Waals surface area contributed by atoms with E-state index in [2.05, 4.69) is 35.5 Å². The second-order valence-electron chi connectivity index (χ2n) is 15.0. The molecule has 0 saturated carbocycles. The average Bonchev–Trinajstić information content (AvgIpc) is 3.40. The van der Waals surface area contributed by atoms with E-state index in [-0.39, 0.29) is 42.0 Å². The van der Waals surface area contributed by atoms with Gasteiger partial charge in [-0.1, -0.05) is 12.1 Å². The number of nitrogens with zero attached hydrogens (tertiary/aromatic N) is 7. The molecule has 0 bridgehead atoms. The summed E-state index contributed by atoms with van der Waals surface area (Å²) < 4.78 is 0. The first-order valence-corrected chi connectivity index (χ1v) is 18.5. The molecule has 6 aliphatic rings. The summed E-state index contributed by atoms with van der Waals surface area (Å²) in [5, 5.41) is 24.7. The van der Waals surface area contributed by atoms with Gasteiger partial charge in [0.1, 0.15) is 11.8 Å². The Kier molecular flexibility index (Phi) is 8.24. The van der Waals surface area contributed by atoms with E-state index in [9.17, 15) is 29.1 Å². The van der Waals surface area contributed by atoms with Crippen LogP contribution in [0.25, 0.3) is 11.3 Å². The molecule has 0 radical (unpaired) electrons. The molecule has 15 heteroatoms. The van der Waals surface area contributed by atoms with Crippen LogP contribution in [0.3, 0.4) is 0 Å². The summed E-state index contributed by atoms with van der Waals surface area (Å²) in [7, 11) is 0. The molecule has 2 aromatic carbocycles. The first-order valence-electron chi connectivity index (χ1n) is 18.5. The number of nitrogens with one attached hydrogen (secondary N) is 2. The number of hydrogen-bond acceptors (Lipinski definition) is 12. The summed E-state index contributed by atoms with van der Waals surface area (Å²) in [6.45, 7) is 7.06. The van der Waals surface area contributed by atoms with Gasteiger partial charge in [0.2, 0.25) is 17.7 Å². The average molecular weight is 720 g/mol. The predicted octanol–water partition coefficient (Wildman–Crippen LogP) is 1.54. The molecule has 2 atom stereocenters. The van der Waals surface area contributed by atoms with E-state index in [4.69, 9.17) is 0 Å². The topological polar surface area (TPSA) is 172 Å². The van der Waals surface area contributed by atoms with Crippen molar-refractivity contribution in [3.05, 3.63) is 59.7 Å². The van der Waals surface area contributed by atoms with Gasteiger partial charge in [0.05, 0.1) is 28.6 Å². The number of aromatic nitrogens is 2. The van der Waals surface area contributed by atoms with E-state index in [1.165, 1.54) is 0 Å². The fourth-order valence-electron chi connectivity index (χ4n) is 8.85. The molecule has 15 nitrogen and oxygen atoms in total. The number of likely N-dealkylation sites (tertiary alicyclic amines) is 1. The molecular formula is C38H41N9O6. The lowest BCUT2D eigenvalue weighted by molar-refractivity contribution is -0.138. The number of hydrogen-bond donors (Lipinski definition) is 3. The molecule has 9 rings (SSSR count). The van der Waals surface area contributed by atoms with Crippen LogP contribution >= 0.6 is 0 Å². The number of phenols is 1. The summed E-state index contributed by atoms with van der Waals surface area (Å²) in [6, 6.07) is 13.5. The van der Waals surface area contributed by atoms with Gasteiger partial charge in [-0.3, -0.25) is 34.2 Å². The van der Waals surface area contributed by atoms with Crippen LogP contribution < -0.4 is 20.4 Å². The molecule has 4 fully saturated rings. The zero-order chi connectivity index (χ0) is 36.4. The van der Waals surface area contributed by atoms with Crippen LogP contribution in [0.5, 0.6) is 5.75 Å². The normalized spacial score (nSPS) is 23.6. The number of amides is 5. The maximum Gasteiger partial charge on any atom is 0.262 e. The third-order valence-electron chi connectivity index (χ3n) is 11.8. The van der Waals surface area contributed by atoms with Crippen molar-refractivity contribution in [2.24, 2.45) is 11.8 Å². The van der Waals surface area contributed by atoms with Crippen molar-refractivity contribution in [2.45, 2.75) is 37.8 Å². The Hall–Kier alpha value is -5.57. The molecular weight excluding hydrogens is 678 g/mol. The van der Waals surface area contributed by atoms with E-state index >= 15 is 0 Å². The van der Waals surface area contributed by atoms with Crippen LogP contribution in [0.4, 0.5) is 17.2 Å². The van der Waals surface area contributed by atoms with Crippen LogP contribution in [-0.4, -0.2) is 131 Å². The van der Waals surface area contributed by atoms with Gasteiger partial charge in [-0.05, 0) is 68.8 Å². The maximum absolute atomic E-state index is 13.7. The number of para-hydroxylation sites is 1. The third-order valence-corrected chi connectivity index (χ3v) is 11.8. The minimum Gasteiger partial charge on any atom is -0.507 e. The molecule has 7 heterocycles.